The Balaban J connectivity index is 2.03. The van der Waals surface area contributed by atoms with Gasteiger partial charge in [0.2, 0.25) is 0 Å². The molecule has 0 saturated carbocycles. The summed E-state index contributed by atoms with van der Waals surface area (Å²) in [4.78, 5) is 8.32. The topological polar surface area (TPSA) is 79.6 Å². The average Bonchev–Trinajstić information content (AvgIpc) is 3.09. The Kier molecular flexibility index (Phi) is 2.62. The highest BCUT2D eigenvalue weighted by atomic mass is 16.3. The van der Waals surface area contributed by atoms with Crippen molar-refractivity contribution in [3.8, 4) is 17.3 Å². The molecule has 2 aromatic heterocycles. The van der Waals surface area contributed by atoms with Gasteiger partial charge in [-0.15, -0.1) is 5.10 Å². The molecule has 0 aliphatic heterocycles. The number of nitrogens with zero attached hydrogens (tertiary/aromatic N) is 4. The molecule has 0 fully saturated rings. The van der Waals surface area contributed by atoms with Gasteiger partial charge in [0.15, 0.2) is 5.82 Å². The van der Waals surface area contributed by atoms with E-state index in [1.807, 2.05) is 24.3 Å². The minimum absolute atomic E-state index is 0.0305. The van der Waals surface area contributed by atoms with Gasteiger partial charge >= 0.3 is 0 Å². The summed E-state index contributed by atoms with van der Waals surface area (Å²) in [6.07, 6.45) is 5.06. The molecule has 0 aliphatic carbocycles. The third-order valence-electron chi connectivity index (χ3n) is 2.65. The summed E-state index contributed by atoms with van der Waals surface area (Å²) in [6.45, 7) is -0.0305. The van der Waals surface area contributed by atoms with Crippen LogP contribution in [-0.4, -0.2) is 29.8 Å². The second-order valence-corrected chi connectivity index (χ2v) is 3.77. The average molecular weight is 241 g/mol. The van der Waals surface area contributed by atoms with E-state index < -0.39 is 0 Å². The summed E-state index contributed by atoms with van der Waals surface area (Å²) >= 11 is 0. The summed E-state index contributed by atoms with van der Waals surface area (Å²) in [5, 5.41) is 16.3. The van der Waals surface area contributed by atoms with Crippen LogP contribution in [0, 0.1) is 0 Å². The van der Waals surface area contributed by atoms with Crippen LogP contribution in [0.4, 0.5) is 0 Å². The van der Waals surface area contributed by atoms with Crippen LogP contribution >= 0.6 is 0 Å². The highest BCUT2D eigenvalue weighted by Crippen LogP contribution is 2.20. The number of H-pyrrole nitrogens is 1. The van der Waals surface area contributed by atoms with E-state index in [1.54, 1.807) is 23.3 Å². The van der Waals surface area contributed by atoms with Gasteiger partial charge in [-0.3, -0.25) is 9.67 Å². The molecular weight excluding hydrogens is 230 g/mol. The molecule has 6 nitrogen and oxygen atoms in total. The van der Waals surface area contributed by atoms with Crippen LogP contribution in [-0.2, 0) is 6.61 Å². The molecule has 18 heavy (non-hydrogen) atoms. The Morgan fingerprint density at radius 3 is 2.94 bits per heavy atom. The van der Waals surface area contributed by atoms with Crippen molar-refractivity contribution in [2.45, 2.75) is 6.61 Å². The third kappa shape index (κ3) is 1.78. The van der Waals surface area contributed by atoms with Crippen LogP contribution < -0.4 is 0 Å². The first-order chi connectivity index (χ1) is 8.88. The van der Waals surface area contributed by atoms with Gasteiger partial charge in [-0.2, -0.15) is 4.98 Å². The smallest absolute Gasteiger partial charge is 0.254 e. The summed E-state index contributed by atoms with van der Waals surface area (Å²) in [7, 11) is 0. The lowest BCUT2D eigenvalue weighted by Gasteiger charge is -2.02. The van der Waals surface area contributed by atoms with Gasteiger partial charge in [0.1, 0.15) is 6.33 Å². The number of aromatic amines is 1. The van der Waals surface area contributed by atoms with E-state index in [9.17, 15) is 5.11 Å². The summed E-state index contributed by atoms with van der Waals surface area (Å²) < 4.78 is 1.71. The summed E-state index contributed by atoms with van der Waals surface area (Å²) in [5.41, 5.74) is 1.66. The van der Waals surface area contributed by atoms with Gasteiger partial charge in [-0.25, -0.2) is 4.98 Å². The van der Waals surface area contributed by atoms with Crippen molar-refractivity contribution in [3.05, 3.63) is 48.5 Å². The van der Waals surface area contributed by atoms with Crippen molar-refractivity contribution >= 4 is 0 Å². The monoisotopic (exact) mass is 241 g/mol. The lowest BCUT2D eigenvalue weighted by Crippen LogP contribution is -1.93. The molecular formula is C12H11N5O. The van der Waals surface area contributed by atoms with Crippen LogP contribution in [0.2, 0.25) is 0 Å². The molecule has 0 radical (unpaired) electrons. The number of aliphatic hydroxyl groups is 1. The molecule has 0 saturated heterocycles. The molecule has 2 N–H and O–H groups in total. The van der Waals surface area contributed by atoms with Crippen LogP contribution in [0.1, 0.15) is 5.56 Å². The maximum Gasteiger partial charge on any atom is 0.254 e. The van der Waals surface area contributed by atoms with E-state index in [2.05, 4.69) is 20.2 Å². The van der Waals surface area contributed by atoms with E-state index in [0.717, 1.165) is 11.1 Å². The fourth-order valence-electron chi connectivity index (χ4n) is 1.76. The number of nitrogens with one attached hydrogen (secondary N) is 1. The van der Waals surface area contributed by atoms with Gasteiger partial charge in [-0.05, 0) is 5.56 Å². The van der Waals surface area contributed by atoms with E-state index in [0.29, 0.717) is 11.8 Å². The molecule has 3 aromatic rings. The normalized spacial score (nSPS) is 10.7. The molecule has 0 amide bonds. The maximum absolute atomic E-state index is 9.29. The number of hydrogen-bond acceptors (Lipinski definition) is 4. The van der Waals surface area contributed by atoms with E-state index in [1.165, 1.54) is 0 Å². The highest BCUT2D eigenvalue weighted by Gasteiger charge is 2.09. The molecule has 0 spiro atoms. The predicted molar refractivity (Wildman–Crippen MR) is 64.9 cm³/mol. The number of aliphatic hydroxyl groups excluding tert-OH is 1. The fourth-order valence-corrected chi connectivity index (χ4v) is 1.76. The van der Waals surface area contributed by atoms with Crippen LogP contribution in [0.15, 0.2) is 43.0 Å². The van der Waals surface area contributed by atoms with Crippen LogP contribution in [0.3, 0.4) is 0 Å². The van der Waals surface area contributed by atoms with Crippen molar-refractivity contribution in [3.63, 3.8) is 0 Å². The van der Waals surface area contributed by atoms with Crippen molar-refractivity contribution in [2.24, 2.45) is 0 Å². The first kappa shape index (κ1) is 10.7. The van der Waals surface area contributed by atoms with Crippen molar-refractivity contribution in [1.29, 1.82) is 0 Å². The molecule has 0 atom stereocenters. The van der Waals surface area contributed by atoms with Gasteiger partial charge in [0.25, 0.3) is 5.95 Å². The van der Waals surface area contributed by atoms with E-state index in [-0.39, 0.29) is 6.61 Å². The Bertz CT molecular complexity index is 644. The van der Waals surface area contributed by atoms with E-state index >= 15 is 0 Å². The Morgan fingerprint density at radius 1 is 1.28 bits per heavy atom. The highest BCUT2D eigenvalue weighted by molar-refractivity contribution is 5.60. The first-order valence-corrected chi connectivity index (χ1v) is 5.48. The van der Waals surface area contributed by atoms with Gasteiger partial charge < -0.3 is 5.11 Å². The molecule has 6 heteroatoms. The minimum atomic E-state index is -0.0305. The molecule has 0 aliphatic rings. The molecule has 90 valence electrons. The standard InChI is InChI=1S/C12H11N5O/c18-7-9-3-1-2-4-10(9)11-14-12(16-15-11)17-6-5-13-8-17/h1-6,8,18H,7H2,(H,14,15,16). The second-order valence-electron chi connectivity index (χ2n) is 3.77. The second kappa shape index (κ2) is 4.42. The lowest BCUT2D eigenvalue weighted by atomic mass is 10.1. The van der Waals surface area contributed by atoms with Gasteiger partial charge in [0, 0.05) is 18.0 Å². The number of rotatable bonds is 3. The third-order valence-corrected chi connectivity index (χ3v) is 2.65. The van der Waals surface area contributed by atoms with E-state index in [4.69, 9.17) is 0 Å². The molecule has 2 heterocycles. The zero-order valence-electron chi connectivity index (χ0n) is 9.48. The van der Waals surface area contributed by atoms with Crippen LogP contribution in [0.5, 0.6) is 0 Å². The number of hydrogen-bond donors (Lipinski definition) is 2. The molecule has 0 bridgehead atoms. The lowest BCUT2D eigenvalue weighted by molar-refractivity contribution is 0.282. The Morgan fingerprint density at radius 2 is 2.17 bits per heavy atom. The Labute approximate surface area is 103 Å². The summed E-state index contributed by atoms with van der Waals surface area (Å²) in [5.74, 6) is 1.15. The van der Waals surface area contributed by atoms with Crippen molar-refractivity contribution < 1.29 is 5.11 Å². The van der Waals surface area contributed by atoms with Crippen molar-refractivity contribution in [1.82, 2.24) is 24.7 Å². The number of benzene rings is 1. The zero-order valence-corrected chi connectivity index (χ0v) is 9.48. The fraction of sp³-hybridized carbons (Fsp3) is 0.0833. The van der Waals surface area contributed by atoms with Crippen molar-refractivity contribution in [2.75, 3.05) is 0 Å². The van der Waals surface area contributed by atoms with Gasteiger partial charge in [-0.1, -0.05) is 24.3 Å². The molecule has 0 unspecified atom stereocenters. The zero-order chi connectivity index (χ0) is 12.4. The predicted octanol–water partition coefficient (Wildman–Crippen LogP) is 1.15. The Hall–Kier alpha value is -2.47. The molecule has 1 aromatic carbocycles. The van der Waals surface area contributed by atoms with Gasteiger partial charge in [0.05, 0.1) is 6.61 Å². The number of aromatic nitrogens is 5. The maximum atomic E-state index is 9.29. The summed E-state index contributed by atoms with van der Waals surface area (Å²) in [6, 6.07) is 7.52. The largest absolute Gasteiger partial charge is 0.392 e. The quantitative estimate of drug-likeness (QED) is 0.721. The minimum Gasteiger partial charge on any atom is -0.392 e. The van der Waals surface area contributed by atoms with Crippen LogP contribution in [0.25, 0.3) is 17.3 Å². The molecule has 3 rings (SSSR count). The SMILES string of the molecule is OCc1ccccc1-c1nc(-n2ccnc2)n[nH]1. The number of imidazole rings is 1. The first-order valence-electron chi connectivity index (χ1n) is 5.48.